The fraction of sp³-hybridized carbons (Fsp3) is 0.286. The first-order chi connectivity index (χ1) is 12.3. The number of halogens is 1. The fourth-order valence-electron chi connectivity index (χ4n) is 4.49. The summed E-state index contributed by atoms with van der Waals surface area (Å²) in [5.74, 6) is 1.63. The Morgan fingerprint density at radius 2 is 2.00 bits per heavy atom. The van der Waals surface area contributed by atoms with Gasteiger partial charge in [-0.05, 0) is 42.0 Å². The molecule has 5 rings (SSSR count). The van der Waals surface area contributed by atoms with Crippen molar-refractivity contribution in [3.63, 3.8) is 0 Å². The van der Waals surface area contributed by atoms with Crippen LogP contribution in [0.3, 0.4) is 0 Å². The summed E-state index contributed by atoms with van der Waals surface area (Å²) < 4.78 is 9.17. The second-order valence-electron chi connectivity index (χ2n) is 6.97. The van der Waals surface area contributed by atoms with Crippen molar-refractivity contribution in [2.75, 3.05) is 13.2 Å². The normalized spacial score (nSPS) is 24.3. The number of rotatable bonds is 3. The van der Waals surface area contributed by atoms with Crippen LogP contribution in [0.2, 0.25) is 0 Å². The summed E-state index contributed by atoms with van der Waals surface area (Å²) in [6, 6.07) is 17.5. The average molecular weight is 395 g/mol. The number of ether oxygens (including phenoxy) is 1. The van der Waals surface area contributed by atoms with Gasteiger partial charge in [0.2, 0.25) is 0 Å². The van der Waals surface area contributed by atoms with E-state index in [-0.39, 0.29) is 5.54 Å². The third-order valence-electron chi connectivity index (χ3n) is 5.60. The lowest BCUT2D eigenvalue weighted by atomic mass is 9.76. The molecule has 2 aliphatic heterocycles. The van der Waals surface area contributed by atoms with Crippen molar-refractivity contribution >= 4 is 15.9 Å². The molecule has 0 amide bonds. The Morgan fingerprint density at radius 3 is 2.80 bits per heavy atom. The zero-order chi connectivity index (χ0) is 16.9. The van der Waals surface area contributed by atoms with Crippen LogP contribution in [-0.4, -0.2) is 22.8 Å². The Kier molecular flexibility index (Phi) is 3.57. The summed E-state index contributed by atoms with van der Waals surface area (Å²) in [6.07, 6.45) is 6.22. The molecule has 2 aromatic carbocycles. The van der Waals surface area contributed by atoms with E-state index < -0.39 is 0 Å². The highest BCUT2D eigenvalue weighted by Gasteiger charge is 2.46. The van der Waals surface area contributed by atoms with E-state index in [1.54, 1.807) is 0 Å². The molecule has 0 spiro atoms. The maximum Gasteiger partial charge on any atom is 0.141 e. The molecule has 0 bridgehead atoms. The van der Waals surface area contributed by atoms with E-state index in [2.05, 4.69) is 80.2 Å². The molecule has 3 heterocycles. The van der Waals surface area contributed by atoms with Crippen molar-refractivity contribution in [2.45, 2.75) is 18.4 Å². The largest absolute Gasteiger partial charge is 0.381 e. The number of fused-ring (bicyclic) bond motifs is 3. The fourth-order valence-corrected chi connectivity index (χ4v) is 4.75. The second-order valence-corrected chi connectivity index (χ2v) is 7.88. The van der Waals surface area contributed by atoms with Crippen molar-refractivity contribution in [1.29, 1.82) is 0 Å². The molecule has 2 unspecified atom stereocenters. The molecule has 0 radical (unpaired) electrons. The number of hydrogen-bond donors (Lipinski definition) is 0. The van der Waals surface area contributed by atoms with E-state index in [1.807, 2.05) is 6.20 Å². The lowest BCUT2D eigenvalue weighted by Gasteiger charge is -2.35. The lowest BCUT2D eigenvalue weighted by Crippen LogP contribution is -2.35. The van der Waals surface area contributed by atoms with Gasteiger partial charge < -0.3 is 9.30 Å². The SMILES string of the molecule is Brc1ccc(C2(CC3CCOC3)c3ccccc3-c3nccn32)cc1. The topological polar surface area (TPSA) is 27.1 Å². The van der Waals surface area contributed by atoms with Crippen LogP contribution in [0.15, 0.2) is 65.4 Å². The molecular weight excluding hydrogens is 376 g/mol. The Balaban J connectivity index is 1.77. The van der Waals surface area contributed by atoms with Gasteiger partial charge in [0.25, 0.3) is 0 Å². The highest BCUT2D eigenvalue weighted by molar-refractivity contribution is 9.10. The first-order valence-corrected chi connectivity index (χ1v) is 9.56. The van der Waals surface area contributed by atoms with Gasteiger partial charge in [-0.25, -0.2) is 4.98 Å². The smallest absolute Gasteiger partial charge is 0.141 e. The van der Waals surface area contributed by atoms with E-state index in [4.69, 9.17) is 4.74 Å². The first-order valence-electron chi connectivity index (χ1n) is 8.76. The summed E-state index contributed by atoms with van der Waals surface area (Å²) in [7, 11) is 0. The van der Waals surface area contributed by atoms with Gasteiger partial charge in [0.1, 0.15) is 5.82 Å². The van der Waals surface area contributed by atoms with Crippen molar-refractivity contribution in [3.8, 4) is 11.4 Å². The summed E-state index contributed by atoms with van der Waals surface area (Å²) in [5, 5.41) is 0. The molecule has 2 atom stereocenters. The number of aromatic nitrogens is 2. The Morgan fingerprint density at radius 1 is 1.16 bits per heavy atom. The minimum atomic E-state index is -0.207. The van der Waals surface area contributed by atoms with Gasteiger partial charge >= 0.3 is 0 Å². The molecule has 3 nitrogen and oxygen atoms in total. The highest BCUT2D eigenvalue weighted by atomic mass is 79.9. The van der Waals surface area contributed by atoms with Crippen LogP contribution in [0.5, 0.6) is 0 Å². The first kappa shape index (κ1) is 15.4. The summed E-state index contributed by atoms with van der Waals surface area (Å²) >= 11 is 3.58. The average Bonchev–Trinajstić information content (AvgIpc) is 3.36. The Hall–Kier alpha value is -1.91. The summed E-state index contributed by atoms with van der Waals surface area (Å²) in [6.45, 7) is 1.73. The molecule has 0 saturated carbocycles. The highest BCUT2D eigenvalue weighted by Crippen LogP contribution is 2.50. The minimum absolute atomic E-state index is 0.207. The van der Waals surface area contributed by atoms with Gasteiger partial charge in [-0.1, -0.05) is 52.3 Å². The molecule has 2 aliphatic rings. The number of hydrogen-bond acceptors (Lipinski definition) is 2. The van der Waals surface area contributed by atoms with Crippen LogP contribution in [0, 0.1) is 5.92 Å². The van der Waals surface area contributed by atoms with E-state index in [1.165, 1.54) is 16.7 Å². The number of nitrogens with zero attached hydrogens (tertiary/aromatic N) is 2. The van der Waals surface area contributed by atoms with Crippen LogP contribution >= 0.6 is 15.9 Å². The van der Waals surface area contributed by atoms with Gasteiger partial charge in [-0.15, -0.1) is 0 Å². The van der Waals surface area contributed by atoms with Gasteiger partial charge in [-0.2, -0.15) is 0 Å². The molecule has 1 aromatic heterocycles. The molecular formula is C21H19BrN2O. The maximum atomic E-state index is 5.69. The second kappa shape index (κ2) is 5.82. The molecule has 3 aromatic rings. The van der Waals surface area contributed by atoms with E-state index >= 15 is 0 Å². The molecule has 1 saturated heterocycles. The van der Waals surface area contributed by atoms with Crippen LogP contribution in [0.4, 0.5) is 0 Å². The van der Waals surface area contributed by atoms with Crippen LogP contribution in [0.1, 0.15) is 24.0 Å². The zero-order valence-electron chi connectivity index (χ0n) is 13.9. The molecule has 126 valence electrons. The van der Waals surface area contributed by atoms with Crippen molar-refractivity contribution < 1.29 is 4.74 Å². The van der Waals surface area contributed by atoms with Crippen molar-refractivity contribution in [1.82, 2.24) is 9.55 Å². The van der Waals surface area contributed by atoms with E-state index in [9.17, 15) is 0 Å². The summed E-state index contributed by atoms with van der Waals surface area (Å²) in [4.78, 5) is 4.67. The van der Waals surface area contributed by atoms with E-state index in [0.29, 0.717) is 5.92 Å². The van der Waals surface area contributed by atoms with Crippen molar-refractivity contribution in [2.24, 2.45) is 5.92 Å². The van der Waals surface area contributed by atoms with Crippen LogP contribution in [0.25, 0.3) is 11.4 Å². The van der Waals surface area contributed by atoms with Crippen LogP contribution < -0.4 is 0 Å². The maximum absolute atomic E-state index is 5.69. The van der Waals surface area contributed by atoms with Crippen LogP contribution in [-0.2, 0) is 10.3 Å². The molecule has 4 heteroatoms. The van der Waals surface area contributed by atoms with Crippen molar-refractivity contribution in [3.05, 3.63) is 76.5 Å². The Bertz CT molecular complexity index is 912. The van der Waals surface area contributed by atoms with Gasteiger partial charge in [0.15, 0.2) is 0 Å². The number of benzene rings is 2. The third kappa shape index (κ3) is 2.24. The number of imidazole rings is 1. The standard InChI is InChI=1S/C21H19BrN2O/c22-17-7-5-16(6-8-17)21(13-15-9-12-25-14-15)19-4-2-1-3-18(19)20-23-10-11-24(20)21/h1-8,10-11,15H,9,12-14H2. The monoisotopic (exact) mass is 394 g/mol. The predicted molar refractivity (Wildman–Crippen MR) is 102 cm³/mol. The van der Waals surface area contributed by atoms with Gasteiger partial charge in [-0.3, -0.25) is 0 Å². The minimum Gasteiger partial charge on any atom is -0.381 e. The quantitative estimate of drug-likeness (QED) is 0.634. The lowest BCUT2D eigenvalue weighted by molar-refractivity contribution is 0.177. The molecule has 0 N–H and O–H groups in total. The zero-order valence-corrected chi connectivity index (χ0v) is 15.4. The molecule has 1 fully saturated rings. The Labute approximate surface area is 155 Å². The van der Waals surface area contributed by atoms with Gasteiger partial charge in [0, 0.05) is 35.6 Å². The molecule has 0 aliphatic carbocycles. The summed E-state index contributed by atoms with van der Waals surface area (Å²) in [5.41, 5.74) is 3.70. The molecule has 25 heavy (non-hydrogen) atoms. The van der Waals surface area contributed by atoms with Gasteiger partial charge in [0.05, 0.1) is 5.54 Å². The predicted octanol–water partition coefficient (Wildman–Crippen LogP) is 4.84. The van der Waals surface area contributed by atoms with E-state index in [0.717, 1.165) is 36.4 Å². The third-order valence-corrected chi connectivity index (χ3v) is 6.12.